The molecule has 0 fully saturated rings. The molecule has 0 atom stereocenters. The molecule has 0 N–H and O–H groups in total. The zero-order valence-electron chi connectivity index (χ0n) is 6.68. The highest BCUT2D eigenvalue weighted by Crippen LogP contribution is 2.30. The van der Waals surface area contributed by atoms with Crippen LogP contribution in [0.4, 0.5) is 8.78 Å². The third kappa shape index (κ3) is 1.40. The number of benzene rings is 1. The van der Waals surface area contributed by atoms with E-state index >= 15 is 0 Å². The van der Waals surface area contributed by atoms with Gasteiger partial charge in [0.25, 0.3) is 5.24 Å². The van der Waals surface area contributed by atoms with Crippen LogP contribution < -0.4 is 0 Å². The van der Waals surface area contributed by atoms with E-state index in [1.54, 1.807) is 0 Å². The summed E-state index contributed by atoms with van der Waals surface area (Å²) in [5.74, 6) is -1.10. The number of halogens is 3. The number of rotatable bonds is 1. The molecule has 1 aromatic heterocycles. The molecular formula is C9H3ClF2OS. The normalized spacial score (nSPS) is 10.8. The van der Waals surface area contributed by atoms with Gasteiger partial charge in [-0.1, -0.05) is 0 Å². The molecule has 0 aliphatic heterocycles. The Bertz CT molecular complexity index is 482. The summed E-state index contributed by atoms with van der Waals surface area (Å²) in [6.07, 6.45) is 0. The average Bonchev–Trinajstić information content (AvgIpc) is 2.57. The van der Waals surface area contributed by atoms with E-state index in [1.165, 1.54) is 6.07 Å². The van der Waals surface area contributed by atoms with E-state index < -0.39 is 16.9 Å². The van der Waals surface area contributed by atoms with E-state index in [-0.39, 0.29) is 15.0 Å². The smallest absolute Gasteiger partial charge is 0.262 e. The Morgan fingerprint density at radius 2 is 1.93 bits per heavy atom. The Morgan fingerprint density at radius 1 is 1.29 bits per heavy atom. The molecule has 5 heteroatoms. The minimum Gasteiger partial charge on any atom is -0.275 e. The summed E-state index contributed by atoms with van der Waals surface area (Å²) in [5, 5.41) is -0.607. The molecule has 0 radical (unpaired) electrons. The van der Waals surface area contributed by atoms with Crippen LogP contribution in [0.3, 0.4) is 0 Å². The van der Waals surface area contributed by atoms with Gasteiger partial charge < -0.3 is 0 Å². The van der Waals surface area contributed by atoms with Crippen LogP contribution in [0.15, 0.2) is 18.2 Å². The van der Waals surface area contributed by atoms with Gasteiger partial charge in [0.05, 0.1) is 9.58 Å². The van der Waals surface area contributed by atoms with Gasteiger partial charge in [-0.2, -0.15) is 0 Å². The van der Waals surface area contributed by atoms with E-state index in [9.17, 15) is 13.6 Å². The van der Waals surface area contributed by atoms with Crippen LogP contribution in [0.1, 0.15) is 9.67 Å². The lowest BCUT2D eigenvalue weighted by atomic mass is 10.2. The minimum absolute atomic E-state index is 0.0963. The van der Waals surface area contributed by atoms with Crippen LogP contribution in [-0.2, 0) is 0 Å². The fourth-order valence-corrected chi connectivity index (χ4v) is 2.23. The molecule has 2 aromatic rings. The van der Waals surface area contributed by atoms with Crippen molar-refractivity contribution in [1.29, 1.82) is 0 Å². The lowest BCUT2D eigenvalue weighted by Gasteiger charge is -1.91. The molecule has 0 amide bonds. The van der Waals surface area contributed by atoms with Crippen LogP contribution in [0.25, 0.3) is 10.1 Å². The highest BCUT2D eigenvalue weighted by molar-refractivity contribution is 7.22. The summed E-state index contributed by atoms with van der Waals surface area (Å²) in [4.78, 5) is 10.9. The van der Waals surface area contributed by atoms with Crippen molar-refractivity contribution in [1.82, 2.24) is 0 Å². The zero-order chi connectivity index (χ0) is 10.3. The molecule has 0 saturated heterocycles. The zero-order valence-corrected chi connectivity index (χ0v) is 8.25. The maximum absolute atomic E-state index is 13.1. The molecule has 0 bridgehead atoms. The van der Waals surface area contributed by atoms with Crippen molar-refractivity contribution in [3.63, 3.8) is 0 Å². The molecule has 0 unspecified atom stereocenters. The molecule has 2 rings (SSSR count). The number of hydrogen-bond acceptors (Lipinski definition) is 2. The Morgan fingerprint density at radius 3 is 2.50 bits per heavy atom. The summed E-state index contributed by atoms with van der Waals surface area (Å²) >= 11 is 6.06. The van der Waals surface area contributed by atoms with Gasteiger partial charge >= 0.3 is 0 Å². The molecule has 72 valence electrons. The molecule has 1 aromatic carbocycles. The van der Waals surface area contributed by atoms with Gasteiger partial charge in [-0.3, -0.25) is 4.79 Å². The predicted octanol–water partition coefficient (Wildman–Crippen LogP) is 3.56. The number of carbonyl (C=O) groups excluding carboxylic acids is 1. The average molecular weight is 233 g/mol. The third-order valence-electron chi connectivity index (χ3n) is 1.78. The van der Waals surface area contributed by atoms with Crippen molar-refractivity contribution in [2.24, 2.45) is 0 Å². The molecule has 0 aliphatic rings. The summed E-state index contributed by atoms with van der Waals surface area (Å²) in [6.45, 7) is 0. The van der Waals surface area contributed by atoms with Crippen molar-refractivity contribution < 1.29 is 13.6 Å². The molecule has 1 nitrogen and oxygen atoms in total. The lowest BCUT2D eigenvalue weighted by molar-refractivity contribution is 0.108. The maximum atomic E-state index is 13.1. The second-order valence-electron chi connectivity index (χ2n) is 2.66. The Kier molecular flexibility index (Phi) is 2.25. The highest BCUT2D eigenvalue weighted by Gasteiger charge is 2.13. The van der Waals surface area contributed by atoms with Crippen LogP contribution in [0.2, 0.25) is 0 Å². The Hall–Kier alpha value is -1.00. The maximum Gasteiger partial charge on any atom is 0.262 e. The van der Waals surface area contributed by atoms with Gasteiger partial charge in [0.1, 0.15) is 11.6 Å². The third-order valence-corrected chi connectivity index (χ3v) is 3.23. The van der Waals surface area contributed by atoms with E-state index in [4.69, 9.17) is 11.6 Å². The Balaban J connectivity index is 2.82. The summed E-state index contributed by atoms with van der Waals surface area (Å²) < 4.78 is 26.4. The first-order valence-corrected chi connectivity index (χ1v) is 4.86. The second-order valence-corrected chi connectivity index (χ2v) is 4.05. The number of thiophene rings is 1. The standard InChI is InChI=1S/C9H3ClF2OS/c10-9(13)7-3-4-5(11)1-2-6(12)8(4)14-7/h1-3H. The molecule has 1 heterocycles. The van der Waals surface area contributed by atoms with Crippen LogP contribution in [-0.4, -0.2) is 5.24 Å². The van der Waals surface area contributed by atoms with Gasteiger partial charge in [0, 0.05) is 5.39 Å². The van der Waals surface area contributed by atoms with E-state index in [0.717, 1.165) is 23.5 Å². The molecule has 14 heavy (non-hydrogen) atoms. The van der Waals surface area contributed by atoms with Crippen molar-refractivity contribution in [2.45, 2.75) is 0 Å². The van der Waals surface area contributed by atoms with E-state index in [1.807, 2.05) is 0 Å². The van der Waals surface area contributed by atoms with Crippen LogP contribution in [0, 0.1) is 11.6 Å². The monoisotopic (exact) mass is 232 g/mol. The fourth-order valence-electron chi connectivity index (χ4n) is 1.15. The summed E-state index contributed by atoms with van der Waals surface area (Å²) in [6, 6.07) is 3.30. The second kappa shape index (κ2) is 3.29. The number of carbonyl (C=O) groups is 1. The van der Waals surface area contributed by atoms with Gasteiger partial charge in [-0.25, -0.2) is 8.78 Å². The van der Waals surface area contributed by atoms with E-state index in [0.29, 0.717) is 0 Å². The fraction of sp³-hybridized carbons (Fsp3) is 0. The number of fused-ring (bicyclic) bond motifs is 1. The lowest BCUT2D eigenvalue weighted by Crippen LogP contribution is -1.79. The van der Waals surface area contributed by atoms with Gasteiger partial charge in [-0.15, -0.1) is 11.3 Å². The van der Waals surface area contributed by atoms with Crippen LogP contribution >= 0.6 is 22.9 Å². The quantitative estimate of drug-likeness (QED) is 0.687. The van der Waals surface area contributed by atoms with Gasteiger partial charge in [0.15, 0.2) is 0 Å². The van der Waals surface area contributed by atoms with Crippen molar-refractivity contribution in [3.8, 4) is 0 Å². The SMILES string of the molecule is O=C(Cl)c1cc2c(F)ccc(F)c2s1. The first kappa shape index (κ1) is 9.55. The van der Waals surface area contributed by atoms with Crippen molar-refractivity contribution in [3.05, 3.63) is 34.7 Å². The largest absolute Gasteiger partial charge is 0.275 e. The summed E-state index contributed by atoms with van der Waals surface area (Å²) in [7, 11) is 0. The van der Waals surface area contributed by atoms with Gasteiger partial charge in [-0.05, 0) is 29.8 Å². The van der Waals surface area contributed by atoms with E-state index in [2.05, 4.69) is 0 Å². The van der Waals surface area contributed by atoms with Crippen molar-refractivity contribution in [2.75, 3.05) is 0 Å². The first-order valence-electron chi connectivity index (χ1n) is 3.67. The summed E-state index contributed by atoms with van der Waals surface area (Å²) in [5.41, 5.74) is 0. The molecular weight excluding hydrogens is 230 g/mol. The number of hydrogen-bond donors (Lipinski definition) is 0. The molecule has 0 aliphatic carbocycles. The Labute approximate surface area is 86.9 Å². The van der Waals surface area contributed by atoms with Crippen LogP contribution in [0.5, 0.6) is 0 Å². The minimum atomic E-state index is -0.704. The first-order chi connectivity index (χ1) is 6.59. The van der Waals surface area contributed by atoms with Gasteiger partial charge in [0.2, 0.25) is 0 Å². The predicted molar refractivity (Wildman–Crippen MR) is 51.9 cm³/mol. The molecule has 0 saturated carbocycles. The molecule has 0 spiro atoms. The highest BCUT2D eigenvalue weighted by atomic mass is 35.5. The topological polar surface area (TPSA) is 17.1 Å². The van der Waals surface area contributed by atoms with Crippen molar-refractivity contribution >= 4 is 38.3 Å².